The third kappa shape index (κ3) is 1.69. The van der Waals surface area contributed by atoms with Crippen molar-refractivity contribution in [3.8, 4) is 28.4 Å². The van der Waals surface area contributed by atoms with E-state index in [9.17, 15) is 0 Å². The molecule has 0 saturated heterocycles. The van der Waals surface area contributed by atoms with E-state index >= 15 is 0 Å². The van der Waals surface area contributed by atoms with Crippen LogP contribution >= 0.6 is 0 Å². The molecule has 0 fully saturated rings. The SMILES string of the molecule is COc1cc(-c2ccccc2)cc2c1OCO2. The first-order chi connectivity index (χ1) is 8.38. The van der Waals surface area contributed by atoms with Gasteiger partial charge < -0.3 is 14.2 Å². The maximum atomic E-state index is 5.40. The predicted octanol–water partition coefficient (Wildman–Crippen LogP) is 3.09. The minimum Gasteiger partial charge on any atom is -0.493 e. The van der Waals surface area contributed by atoms with Crippen LogP contribution in [-0.4, -0.2) is 13.9 Å². The molecule has 0 radical (unpaired) electrons. The van der Waals surface area contributed by atoms with Crippen molar-refractivity contribution < 1.29 is 14.2 Å². The van der Waals surface area contributed by atoms with Gasteiger partial charge in [-0.25, -0.2) is 0 Å². The largest absolute Gasteiger partial charge is 0.493 e. The average Bonchev–Trinajstić information content (AvgIpc) is 2.86. The molecule has 2 aromatic carbocycles. The number of benzene rings is 2. The van der Waals surface area contributed by atoms with Crippen LogP contribution in [0.2, 0.25) is 0 Å². The van der Waals surface area contributed by atoms with Crippen molar-refractivity contribution in [1.82, 2.24) is 0 Å². The van der Waals surface area contributed by atoms with Gasteiger partial charge in [0.25, 0.3) is 0 Å². The standard InChI is InChI=1S/C14H12O3/c1-15-12-7-11(10-5-3-2-4-6-10)8-13-14(12)17-9-16-13/h2-8H,9H2,1H3. The van der Waals surface area contributed by atoms with Crippen LogP contribution in [0.15, 0.2) is 42.5 Å². The van der Waals surface area contributed by atoms with Crippen LogP contribution in [0.25, 0.3) is 11.1 Å². The Balaban J connectivity index is 2.13. The van der Waals surface area contributed by atoms with Crippen molar-refractivity contribution in [3.63, 3.8) is 0 Å². The summed E-state index contributed by atoms with van der Waals surface area (Å²) in [7, 11) is 1.63. The fourth-order valence-corrected chi connectivity index (χ4v) is 1.93. The number of methoxy groups -OCH3 is 1. The Morgan fingerprint density at radius 1 is 1.00 bits per heavy atom. The Morgan fingerprint density at radius 3 is 2.59 bits per heavy atom. The molecule has 17 heavy (non-hydrogen) atoms. The van der Waals surface area contributed by atoms with E-state index in [1.54, 1.807) is 7.11 Å². The number of rotatable bonds is 2. The summed E-state index contributed by atoms with van der Waals surface area (Å²) in [5.41, 5.74) is 2.19. The van der Waals surface area contributed by atoms with Gasteiger partial charge in [0.1, 0.15) is 0 Å². The smallest absolute Gasteiger partial charge is 0.231 e. The van der Waals surface area contributed by atoms with E-state index in [1.807, 2.05) is 30.3 Å². The highest BCUT2D eigenvalue weighted by Crippen LogP contribution is 2.44. The van der Waals surface area contributed by atoms with Gasteiger partial charge in [0.05, 0.1) is 7.11 Å². The Hall–Kier alpha value is -2.16. The Kier molecular flexibility index (Phi) is 2.37. The number of hydrogen-bond donors (Lipinski definition) is 0. The van der Waals surface area contributed by atoms with Crippen molar-refractivity contribution in [2.45, 2.75) is 0 Å². The molecule has 0 amide bonds. The molecule has 1 aliphatic heterocycles. The molecule has 3 nitrogen and oxygen atoms in total. The van der Waals surface area contributed by atoms with Crippen LogP contribution in [-0.2, 0) is 0 Å². The zero-order chi connectivity index (χ0) is 11.7. The molecule has 0 unspecified atom stereocenters. The molecule has 0 N–H and O–H groups in total. The lowest BCUT2D eigenvalue weighted by Crippen LogP contribution is -1.93. The molecule has 0 bridgehead atoms. The molecule has 0 aliphatic carbocycles. The van der Waals surface area contributed by atoms with Gasteiger partial charge in [-0.1, -0.05) is 30.3 Å². The van der Waals surface area contributed by atoms with Crippen LogP contribution in [0.1, 0.15) is 0 Å². The molecule has 1 aliphatic rings. The maximum absolute atomic E-state index is 5.40. The van der Waals surface area contributed by atoms with Gasteiger partial charge in [-0.05, 0) is 23.3 Å². The lowest BCUT2D eigenvalue weighted by atomic mass is 10.0. The van der Waals surface area contributed by atoms with Crippen LogP contribution in [0.3, 0.4) is 0 Å². The van der Waals surface area contributed by atoms with Crippen molar-refractivity contribution in [1.29, 1.82) is 0 Å². The van der Waals surface area contributed by atoms with E-state index < -0.39 is 0 Å². The zero-order valence-corrected chi connectivity index (χ0v) is 9.47. The third-order valence-corrected chi connectivity index (χ3v) is 2.77. The van der Waals surface area contributed by atoms with Crippen LogP contribution in [0, 0.1) is 0 Å². The second-order valence-corrected chi connectivity index (χ2v) is 3.78. The topological polar surface area (TPSA) is 27.7 Å². The van der Waals surface area contributed by atoms with Gasteiger partial charge in [-0.15, -0.1) is 0 Å². The minimum atomic E-state index is 0.254. The molecule has 86 valence electrons. The zero-order valence-electron chi connectivity index (χ0n) is 9.47. The third-order valence-electron chi connectivity index (χ3n) is 2.77. The molecule has 0 spiro atoms. The summed E-state index contributed by atoms with van der Waals surface area (Å²) >= 11 is 0. The molecule has 0 saturated carbocycles. The highest BCUT2D eigenvalue weighted by Gasteiger charge is 2.20. The second-order valence-electron chi connectivity index (χ2n) is 3.78. The highest BCUT2D eigenvalue weighted by atomic mass is 16.7. The fraction of sp³-hybridized carbons (Fsp3) is 0.143. The van der Waals surface area contributed by atoms with E-state index in [-0.39, 0.29) is 6.79 Å². The Labute approximate surface area is 99.6 Å². The van der Waals surface area contributed by atoms with Gasteiger partial charge >= 0.3 is 0 Å². The molecule has 0 aromatic heterocycles. The molecular formula is C14H12O3. The average molecular weight is 228 g/mol. The van der Waals surface area contributed by atoms with E-state index in [2.05, 4.69) is 12.1 Å². The van der Waals surface area contributed by atoms with Crippen LogP contribution < -0.4 is 14.2 Å². The number of hydrogen-bond acceptors (Lipinski definition) is 3. The molecule has 2 aromatic rings. The van der Waals surface area contributed by atoms with E-state index in [0.717, 1.165) is 16.9 Å². The molecule has 3 rings (SSSR count). The van der Waals surface area contributed by atoms with Crippen molar-refractivity contribution in [3.05, 3.63) is 42.5 Å². The Bertz CT molecular complexity index is 535. The normalized spacial score (nSPS) is 12.5. The van der Waals surface area contributed by atoms with Crippen LogP contribution in [0.4, 0.5) is 0 Å². The predicted molar refractivity (Wildman–Crippen MR) is 64.6 cm³/mol. The summed E-state index contributed by atoms with van der Waals surface area (Å²) in [5, 5.41) is 0. The molecular weight excluding hydrogens is 216 g/mol. The summed E-state index contributed by atoms with van der Waals surface area (Å²) in [4.78, 5) is 0. The first-order valence-corrected chi connectivity index (χ1v) is 5.41. The van der Waals surface area contributed by atoms with Crippen molar-refractivity contribution in [2.75, 3.05) is 13.9 Å². The summed E-state index contributed by atoms with van der Waals surface area (Å²) in [6.07, 6.45) is 0. The van der Waals surface area contributed by atoms with E-state index in [4.69, 9.17) is 14.2 Å². The highest BCUT2D eigenvalue weighted by molar-refractivity contribution is 5.71. The first kappa shape index (κ1) is 10.0. The molecule has 0 atom stereocenters. The van der Waals surface area contributed by atoms with Gasteiger partial charge in [0.15, 0.2) is 11.5 Å². The monoisotopic (exact) mass is 228 g/mol. The summed E-state index contributed by atoms with van der Waals surface area (Å²) in [6.45, 7) is 0.254. The summed E-state index contributed by atoms with van der Waals surface area (Å²) < 4.78 is 16.1. The molecule has 3 heteroatoms. The number of fused-ring (bicyclic) bond motifs is 1. The van der Waals surface area contributed by atoms with E-state index in [1.165, 1.54) is 0 Å². The van der Waals surface area contributed by atoms with Gasteiger partial charge in [-0.2, -0.15) is 0 Å². The number of ether oxygens (including phenoxy) is 3. The van der Waals surface area contributed by atoms with Gasteiger partial charge in [0, 0.05) is 0 Å². The lowest BCUT2D eigenvalue weighted by molar-refractivity contribution is 0.171. The van der Waals surface area contributed by atoms with Crippen LogP contribution in [0.5, 0.6) is 17.2 Å². The van der Waals surface area contributed by atoms with Crippen molar-refractivity contribution in [2.24, 2.45) is 0 Å². The summed E-state index contributed by atoms with van der Waals surface area (Å²) in [6, 6.07) is 14.0. The fourth-order valence-electron chi connectivity index (χ4n) is 1.93. The second kappa shape index (κ2) is 4.01. The summed E-state index contributed by atoms with van der Waals surface area (Å²) in [5.74, 6) is 2.13. The maximum Gasteiger partial charge on any atom is 0.231 e. The van der Waals surface area contributed by atoms with Gasteiger partial charge in [0.2, 0.25) is 12.5 Å². The quantitative estimate of drug-likeness (QED) is 0.790. The van der Waals surface area contributed by atoms with Crippen molar-refractivity contribution >= 4 is 0 Å². The first-order valence-electron chi connectivity index (χ1n) is 5.41. The van der Waals surface area contributed by atoms with E-state index in [0.29, 0.717) is 11.5 Å². The Morgan fingerprint density at radius 2 is 1.82 bits per heavy atom. The lowest BCUT2D eigenvalue weighted by Gasteiger charge is -2.08. The molecule has 1 heterocycles. The minimum absolute atomic E-state index is 0.254. The van der Waals surface area contributed by atoms with Gasteiger partial charge in [-0.3, -0.25) is 0 Å².